The molecule has 0 bridgehead atoms. The first kappa shape index (κ1) is 39.5. The van der Waals surface area contributed by atoms with Gasteiger partial charge in [0.15, 0.2) is 0 Å². The standard InChI is InChI=1S/C62H46O4/c63-49-29-21-41-37-47(23-19-43(41)39-49)61(57-15-5-1-11-53(57)54-12-2-6-16-58(54)61)45-25-31-51(32-26-45)65-35-9-10-36-66-52-33-27-46(28-34-52)62(48-24-20-44-40-50(64)30-22-42(44)38-48)59-17-7-3-13-55(59)56-14-4-8-18-60(56)62/h1-8,11-34,37-40,63-64H,9-10,35-36H2. The van der Waals surface area contributed by atoms with Crippen LogP contribution in [0.3, 0.4) is 0 Å². The fourth-order valence-corrected chi connectivity index (χ4v) is 11.2. The Bertz CT molecular complexity index is 3140. The van der Waals surface area contributed by atoms with Gasteiger partial charge in [-0.2, -0.15) is 0 Å². The maximum absolute atomic E-state index is 10.2. The van der Waals surface area contributed by atoms with Crippen molar-refractivity contribution in [3.05, 3.63) is 263 Å². The predicted molar refractivity (Wildman–Crippen MR) is 266 cm³/mol. The summed E-state index contributed by atoms with van der Waals surface area (Å²) < 4.78 is 12.7. The van der Waals surface area contributed by atoms with Gasteiger partial charge in [0.2, 0.25) is 0 Å². The lowest BCUT2D eigenvalue weighted by Gasteiger charge is -2.34. The van der Waals surface area contributed by atoms with Crippen LogP contribution in [0.4, 0.5) is 0 Å². The summed E-state index contributed by atoms with van der Waals surface area (Å²) in [6, 6.07) is 76.8. The summed E-state index contributed by atoms with van der Waals surface area (Å²) in [5, 5.41) is 24.6. The number of unbranched alkanes of at least 4 members (excludes halogenated alkanes) is 1. The van der Waals surface area contributed by atoms with Crippen molar-refractivity contribution < 1.29 is 19.7 Å². The largest absolute Gasteiger partial charge is 0.508 e. The molecule has 0 spiro atoms. The van der Waals surface area contributed by atoms with Crippen LogP contribution >= 0.6 is 0 Å². The summed E-state index contributed by atoms with van der Waals surface area (Å²) in [6.07, 6.45) is 1.71. The molecular formula is C62H46O4. The highest BCUT2D eigenvalue weighted by molar-refractivity contribution is 5.92. The van der Waals surface area contributed by atoms with E-state index in [4.69, 9.17) is 9.47 Å². The average Bonchev–Trinajstić information content (AvgIpc) is 3.84. The quantitative estimate of drug-likeness (QED) is 0.127. The Hall–Kier alpha value is -8.08. The van der Waals surface area contributed by atoms with Gasteiger partial charge in [-0.15, -0.1) is 0 Å². The molecule has 4 nitrogen and oxygen atoms in total. The topological polar surface area (TPSA) is 58.9 Å². The summed E-state index contributed by atoms with van der Waals surface area (Å²) in [7, 11) is 0. The second-order valence-corrected chi connectivity index (χ2v) is 17.6. The molecule has 4 heteroatoms. The van der Waals surface area contributed by atoms with Crippen molar-refractivity contribution in [3.8, 4) is 45.3 Å². The molecule has 0 aromatic heterocycles. The van der Waals surface area contributed by atoms with Crippen LogP contribution in [0, 0.1) is 0 Å². The van der Waals surface area contributed by atoms with Gasteiger partial charge in [0.05, 0.1) is 24.0 Å². The van der Waals surface area contributed by atoms with Gasteiger partial charge in [0.25, 0.3) is 0 Å². The van der Waals surface area contributed by atoms with Gasteiger partial charge in [-0.1, -0.05) is 158 Å². The van der Waals surface area contributed by atoms with Crippen molar-refractivity contribution >= 4 is 21.5 Å². The molecule has 0 radical (unpaired) electrons. The van der Waals surface area contributed by atoms with Crippen LogP contribution in [0.25, 0.3) is 43.8 Å². The van der Waals surface area contributed by atoms with E-state index in [2.05, 4.69) is 182 Å². The first-order chi connectivity index (χ1) is 32.5. The van der Waals surface area contributed by atoms with Crippen LogP contribution in [0.5, 0.6) is 23.0 Å². The smallest absolute Gasteiger partial charge is 0.119 e. The lowest BCUT2D eigenvalue weighted by Crippen LogP contribution is -2.28. The molecule has 2 aliphatic carbocycles. The fraction of sp³-hybridized carbons (Fsp3) is 0.0968. The highest BCUT2D eigenvalue weighted by atomic mass is 16.5. The molecule has 0 unspecified atom stereocenters. The Kier molecular flexibility index (Phi) is 9.50. The molecule has 0 amide bonds. The molecule has 0 aliphatic heterocycles. The molecular weight excluding hydrogens is 809 g/mol. The van der Waals surface area contributed by atoms with Gasteiger partial charge in [0.1, 0.15) is 23.0 Å². The zero-order chi connectivity index (χ0) is 44.2. The Morgan fingerprint density at radius 2 is 0.606 bits per heavy atom. The van der Waals surface area contributed by atoms with E-state index in [0.717, 1.165) is 45.9 Å². The van der Waals surface area contributed by atoms with Crippen LogP contribution in [0.1, 0.15) is 57.3 Å². The van der Waals surface area contributed by atoms with Crippen LogP contribution in [-0.2, 0) is 10.8 Å². The van der Waals surface area contributed by atoms with E-state index >= 15 is 0 Å². The lowest BCUT2D eigenvalue weighted by molar-refractivity contribution is 0.266. The molecule has 2 N–H and O–H groups in total. The van der Waals surface area contributed by atoms with Crippen LogP contribution in [-0.4, -0.2) is 23.4 Å². The molecule has 0 saturated carbocycles. The van der Waals surface area contributed by atoms with Crippen molar-refractivity contribution in [3.63, 3.8) is 0 Å². The monoisotopic (exact) mass is 854 g/mol. The Morgan fingerprint density at radius 1 is 0.303 bits per heavy atom. The maximum Gasteiger partial charge on any atom is 0.119 e. The van der Waals surface area contributed by atoms with Crippen molar-refractivity contribution in [2.75, 3.05) is 13.2 Å². The van der Waals surface area contributed by atoms with Crippen LogP contribution in [0.2, 0.25) is 0 Å². The number of phenolic OH excluding ortho intramolecular Hbond substituents is 2. The SMILES string of the molecule is Oc1ccc2cc(C3(c4ccc(OCCCCOc5ccc(C6(c7ccc8cc(O)ccc8c7)c7ccccc7-c7ccccc76)cc5)cc4)c4ccccc4-c4ccccc43)ccc2c1. The number of ether oxygens (including phenoxy) is 2. The number of phenols is 2. The fourth-order valence-electron chi connectivity index (χ4n) is 11.2. The third-order valence-corrected chi connectivity index (χ3v) is 14.1. The van der Waals surface area contributed by atoms with E-state index < -0.39 is 10.8 Å². The highest BCUT2D eigenvalue weighted by Gasteiger charge is 2.47. The van der Waals surface area contributed by atoms with Crippen molar-refractivity contribution in [1.29, 1.82) is 0 Å². The van der Waals surface area contributed by atoms with E-state index in [1.807, 2.05) is 24.3 Å². The third-order valence-electron chi connectivity index (χ3n) is 14.1. The molecule has 0 saturated heterocycles. The molecule has 0 heterocycles. The average molecular weight is 855 g/mol. The van der Waals surface area contributed by atoms with E-state index in [0.29, 0.717) is 13.2 Å². The molecule has 0 fully saturated rings. The minimum atomic E-state index is -0.526. The minimum absolute atomic E-state index is 0.268. The second-order valence-electron chi connectivity index (χ2n) is 17.6. The lowest BCUT2D eigenvalue weighted by atomic mass is 9.67. The summed E-state index contributed by atoms with van der Waals surface area (Å²) in [5.74, 6) is 2.22. The molecule has 10 aromatic rings. The van der Waals surface area contributed by atoms with Gasteiger partial charge >= 0.3 is 0 Å². The van der Waals surface area contributed by atoms with Crippen molar-refractivity contribution in [2.45, 2.75) is 23.7 Å². The molecule has 12 rings (SSSR count). The van der Waals surface area contributed by atoms with E-state index in [1.165, 1.54) is 66.8 Å². The number of aromatic hydroxyl groups is 2. The van der Waals surface area contributed by atoms with Gasteiger partial charge in [-0.3, -0.25) is 0 Å². The van der Waals surface area contributed by atoms with Crippen molar-refractivity contribution in [2.24, 2.45) is 0 Å². The van der Waals surface area contributed by atoms with E-state index in [1.54, 1.807) is 12.1 Å². The summed E-state index contributed by atoms with van der Waals surface area (Å²) in [6.45, 7) is 1.17. The summed E-state index contributed by atoms with van der Waals surface area (Å²) in [4.78, 5) is 0. The molecule has 0 atom stereocenters. The maximum atomic E-state index is 10.2. The Balaban J connectivity index is 0.757. The van der Waals surface area contributed by atoms with E-state index in [-0.39, 0.29) is 11.5 Å². The molecule has 2 aliphatic rings. The Labute approximate surface area is 384 Å². The zero-order valence-corrected chi connectivity index (χ0v) is 36.3. The normalized spacial score (nSPS) is 13.8. The summed E-state index contributed by atoms with van der Waals surface area (Å²) in [5.41, 5.74) is 13.7. The van der Waals surface area contributed by atoms with Crippen molar-refractivity contribution in [1.82, 2.24) is 0 Å². The van der Waals surface area contributed by atoms with Crippen LogP contribution < -0.4 is 9.47 Å². The number of fused-ring (bicyclic) bond motifs is 8. The van der Waals surface area contributed by atoms with Gasteiger partial charge in [-0.25, -0.2) is 0 Å². The van der Waals surface area contributed by atoms with Gasteiger partial charge < -0.3 is 19.7 Å². The number of hydrogen-bond donors (Lipinski definition) is 2. The van der Waals surface area contributed by atoms with Gasteiger partial charge in [0, 0.05) is 0 Å². The van der Waals surface area contributed by atoms with E-state index in [9.17, 15) is 10.2 Å². The minimum Gasteiger partial charge on any atom is -0.508 e. The third kappa shape index (κ3) is 6.20. The van der Waals surface area contributed by atoms with Crippen LogP contribution in [0.15, 0.2) is 218 Å². The molecule has 66 heavy (non-hydrogen) atoms. The Morgan fingerprint density at radius 3 is 0.970 bits per heavy atom. The van der Waals surface area contributed by atoms with Gasteiger partial charge in [-0.05, 0) is 162 Å². The number of benzene rings is 10. The number of hydrogen-bond acceptors (Lipinski definition) is 4. The summed E-state index contributed by atoms with van der Waals surface area (Å²) >= 11 is 0. The second kappa shape index (κ2) is 15.9. The highest BCUT2D eigenvalue weighted by Crippen LogP contribution is 2.58. The first-order valence-corrected chi connectivity index (χ1v) is 22.8. The number of rotatable bonds is 11. The molecule has 10 aromatic carbocycles. The first-order valence-electron chi connectivity index (χ1n) is 22.8. The zero-order valence-electron chi connectivity index (χ0n) is 36.3. The predicted octanol–water partition coefficient (Wildman–Crippen LogP) is 14.4. The molecule has 318 valence electrons.